The van der Waals surface area contributed by atoms with Crippen molar-refractivity contribution in [3.8, 4) is 0 Å². The molecule has 4 aliphatic carbocycles. The molecule has 0 unspecified atom stereocenters. The second-order valence-electron chi connectivity index (χ2n) is 13.5. The number of methoxy groups -OCH3 is 1. The zero-order chi connectivity index (χ0) is 28.8. The van der Waals surface area contributed by atoms with Gasteiger partial charge in [-0.05, 0) is 18.9 Å². The minimum atomic E-state index is -1.83. The fourth-order valence-corrected chi connectivity index (χ4v) is 11.2. The molecule has 2 saturated heterocycles. The molecule has 0 amide bonds. The molecular formula is C29H34O11. The van der Waals surface area contributed by atoms with E-state index in [1.54, 1.807) is 19.9 Å². The van der Waals surface area contributed by atoms with Crippen LogP contribution in [0.2, 0.25) is 0 Å². The van der Waals surface area contributed by atoms with Gasteiger partial charge < -0.3 is 33.6 Å². The lowest BCUT2D eigenvalue weighted by Gasteiger charge is -2.63. The lowest BCUT2D eigenvalue weighted by molar-refractivity contribution is -0.295. The van der Waals surface area contributed by atoms with E-state index in [1.165, 1.54) is 19.5 Å². The van der Waals surface area contributed by atoms with E-state index in [1.807, 2.05) is 6.92 Å². The summed E-state index contributed by atoms with van der Waals surface area (Å²) < 4.78 is 29.1. The van der Waals surface area contributed by atoms with Crippen molar-refractivity contribution in [3.63, 3.8) is 0 Å². The van der Waals surface area contributed by atoms with Crippen LogP contribution in [0.15, 0.2) is 23.0 Å². The van der Waals surface area contributed by atoms with Gasteiger partial charge in [0.2, 0.25) is 0 Å². The number of carbonyl (C=O) groups excluding carboxylic acids is 4. The van der Waals surface area contributed by atoms with E-state index in [0.717, 1.165) is 7.11 Å². The number of cyclic esters (lactones) is 1. The second kappa shape index (κ2) is 7.35. The Hall–Kier alpha value is -2.76. The highest BCUT2D eigenvalue weighted by atomic mass is 16.6. The van der Waals surface area contributed by atoms with Gasteiger partial charge in [0, 0.05) is 47.0 Å². The van der Waals surface area contributed by atoms with Crippen LogP contribution in [0.3, 0.4) is 0 Å². The van der Waals surface area contributed by atoms with Gasteiger partial charge in [-0.3, -0.25) is 14.4 Å². The second-order valence-corrected chi connectivity index (χ2v) is 13.5. The third-order valence-electron chi connectivity index (χ3n) is 12.2. The van der Waals surface area contributed by atoms with Gasteiger partial charge in [-0.15, -0.1) is 0 Å². The molecule has 6 aliphatic rings. The molecule has 0 aromatic carbocycles. The highest BCUT2D eigenvalue weighted by Crippen LogP contribution is 2.86. The van der Waals surface area contributed by atoms with E-state index in [-0.39, 0.29) is 12.8 Å². The molecular weight excluding hydrogens is 524 g/mol. The predicted molar refractivity (Wildman–Crippen MR) is 131 cm³/mol. The lowest BCUT2D eigenvalue weighted by Crippen LogP contribution is -2.72. The number of aliphatic hydroxyl groups excluding tert-OH is 1. The molecule has 12 atom stereocenters. The maximum Gasteiger partial charge on any atom is 0.335 e. The molecule has 1 aromatic rings. The van der Waals surface area contributed by atoms with Crippen LogP contribution in [0.1, 0.15) is 65.0 Å². The van der Waals surface area contributed by atoms with Gasteiger partial charge in [0.1, 0.15) is 29.0 Å². The first-order valence-electron chi connectivity index (χ1n) is 13.8. The number of esters is 3. The monoisotopic (exact) mass is 558 g/mol. The molecule has 0 radical (unpaired) electrons. The summed E-state index contributed by atoms with van der Waals surface area (Å²) in [7, 11) is 1.16. The van der Waals surface area contributed by atoms with E-state index in [9.17, 15) is 29.4 Å². The fraction of sp³-hybridized carbons (Fsp3) is 0.724. The predicted octanol–water partition coefficient (Wildman–Crippen LogP) is 1.63. The van der Waals surface area contributed by atoms with Crippen molar-refractivity contribution in [1.29, 1.82) is 0 Å². The number of rotatable bonds is 4. The van der Waals surface area contributed by atoms with Crippen LogP contribution in [0.5, 0.6) is 0 Å². The molecule has 1 aromatic heterocycles. The summed E-state index contributed by atoms with van der Waals surface area (Å²) in [5.74, 6) is -5.28. The van der Waals surface area contributed by atoms with Crippen LogP contribution in [0.4, 0.5) is 0 Å². The molecule has 3 heterocycles. The van der Waals surface area contributed by atoms with Crippen LogP contribution in [-0.2, 0) is 38.1 Å². The Bertz CT molecular complexity index is 1360. The molecule has 11 nitrogen and oxygen atoms in total. The zero-order valence-corrected chi connectivity index (χ0v) is 23.1. The number of Topliss-reactive ketones (excluding diaryl/α,β-unsaturated/α-hetero) is 1. The SMILES string of the molecule is COC(=O)[C@@H](O)[C@@H]1[C@@]2(C)[C@H]3CC[C@@]4(C)[C@H](c5ccoc5)OC(=O)C[C@@]45O[C@H]4C(=O)[C@]1(C)C[C@]2(OC(C)=O)[C@H]4[C@@]35O. The average Bonchev–Trinajstić information content (AvgIpc) is 3.57. The van der Waals surface area contributed by atoms with Crippen LogP contribution in [-0.4, -0.2) is 70.0 Å². The fourth-order valence-electron chi connectivity index (χ4n) is 11.2. The summed E-state index contributed by atoms with van der Waals surface area (Å²) in [6.45, 7) is 6.64. The zero-order valence-electron chi connectivity index (χ0n) is 23.1. The van der Waals surface area contributed by atoms with E-state index < -0.39 is 92.8 Å². The molecule has 2 aliphatic heterocycles. The summed E-state index contributed by atoms with van der Waals surface area (Å²) >= 11 is 0. The van der Waals surface area contributed by atoms with Crippen molar-refractivity contribution in [2.75, 3.05) is 7.11 Å². The molecule has 4 saturated carbocycles. The molecule has 40 heavy (non-hydrogen) atoms. The molecule has 11 heteroatoms. The molecule has 7 rings (SSSR count). The Morgan fingerprint density at radius 1 is 1.20 bits per heavy atom. The first-order valence-corrected chi connectivity index (χ1v) is 13.8. The molecule has 2 N–H and O–H groups in total. The van der Waals surface area contributed by atoms with Crippen molar-refractivity contribution in [3.05, 3.63) is 24.2 Å². The summed E-state index contributed by atoms with van der Waals surface area (Å²) in [6.07, 6.45) is -0.337. The van der Waals surface area contributed by atoms with Crippen molar-refractivity contribution >= 4 is 23.7 Å². The number of fused-ring (bicyclic) bond motifs is 2. The maximum atomic E-state index is 14.5. The van der Waals surface area contributed by atoms with Crippen molar-refractivity contribution in [2.24, 2.45) is 34.0 Å². The van der Waals surface area contributed by atoms with E-state index in [2.05, 4.69) is 0 Å². The highest BCUT2D eigenvalue weighted by molar-refractivity contribution is 5.95. The van der Waals surface area contributed by atoms with E-state index in [4.69, 9.17) is 23.4 Å². The minimum Gasteiger partial charge on any atom is -0.472 e. The van der Waals surface area contributed by atoms with Crippen molar-refractivity contribution in [1.82, 2.24) is 0 Å². The average molecular weight is 559 g/mol. The number of hydrogen-bond acceptors (Lipinski definition) is 11. The van der Waals surface area contributed by atoms with Gasteiger partial charge in [-0.2, -0.15) is 0 Å². The molecule has 6 fully saturated rings. The Kier molecular flexibility index (Phi) is 4.81. The largest absolute Gasteiger partial charge is 0.472 e. The van der Waals surface area contributed by atoms with Crippen LogP contribution in [0.25, 0.3) is 0 Å². The third kappa shape index (κ3) is 2.36. The van der Waals surface area contributed by atoms with Gasteiger partial charge in [-0.1, -0.05) is 20.8 Å². The molecule has 2 bridgehead atoms. The first kappa shape index (κ1) is 26.2. The standard InChI is InChI=1S/C29H34O11/c1-13(30)39-27-12-24(2)19(17(32)23(34)36-5)26(27,4)15-6-8-25(3)22(14-7-9-37-11-14)38-16(31)10-28(25)29(15,35)20(27)18(40-28)21(24)33/h7,9,11,15,17-20,22,32,35H,6,8,10,12H2,1-5H3/t15-,17+,18-,19+,20+,22+,24-,25+,26-,27+,28-,29+/m1/s1. The van der Waals surface area contributed by atoms with Crippen molar-refractivity contribution < 1.29 is 52.8 Å². The summed E-state index contributed by atoms with van der Waals surface area (Å²) in [5.41, 5.74) is -7.83. The van der Waals surface area contributed by atoms with Crippen molar-refractivity contribution in [2.45, 2.75) is 88.5 Å². The Morgan fingerprint density at radius 2 is 1.93 bits per heavy atom. The highest BCUT2D eigenvalue weighted by Gasteiger charge is 2.96. The van der Waals surface area contributed by atoms with E-state index >= 15 is 0 Å². The molecule has 1 spiro atoms. The normalized spacial score (nSPS) is 52.1. The molecule has 216 valence electrons. The minimum absolute atomic E-state index is 0.000624. The summed E-state index contributed by atoms with van der Waals surface area (Å²) in [4.78, 5) is 53.4. The number of ketones is 1. The Balaban J connectivity index is 1.52. The smallest absolute Gasteiger partial charge is 0.335 e. The summed E-state index contributed by atoms with van der Waals surface area (Å²) in [5, 5.41) is 24.7. The van der Waals surface area contributed by atoms with Gasteiger partial charge in [-0.25, -0.2) is 4.79 Å². The number of hydrogen-bond donors (Lipinski definition) is 2. The number of ether oxygens (including phenoxy) is 4. The van der Waals surface area contributed by atoms with Crippen LogP contribution >= 0.6 is 0 Å². The number of furan rings is 1. The third-order valence-corrected chi connectivity index (χ3v) is 12.2. The van der Waals surface area contributed by atoms with Gasteiger partial charge in [0.15, 0.2) is 11.9 Å². The lowest BCUT2D eigenvalue weighted by atomic mass is 9.45. The topological polar surface area (TPSA) is 159 Å². The van der Waals surface area contributed by atoms with E-state index in [0.29, 0.717) is 18.4 Å². The quantitative estimate of drug-likeness (QED) is 0.409. The van der Waals surface area contributed by atoms with Crippen LogP contribution in [0, 0.1) is 34.0 Å². The number of carbonyl (C=O) groups is 4. The Labute approximate surface area is 230 Å². The van der Waals surface area contributed by atoms with Gasteiger partial charge in [0.25, 0.3) is 0 Å². The van der Waals surface area contributed by atoms with Gasteiger partial charge in [0.05, 0.1) is 32.0 Å². The van der Waals surface area contributed by atoms with Gasteiger partial charge >= 0.3 is 17.9 Å². The first-order chi connectivity index (χ1) is 18.7. The number of aliphatic hydroxyl groups is 2. The van der Waals surface area contributed by atoms with Crippen LogP contribution < -0.4 is 0 Å². The summed E-state index contributed by atoms with van der Waals surface area (Å²) in [6, 6.07) is 1.70. The Morgan fingerprint density at radius 3 is 2.55 bits per heavy atom. The maximum absolute atomic E-state index is 14.5.